The van der Waals surface area contributed by atoms with E-state index in [9.17, 15) is 4.79 Å². The van der Waals surface area contributed by atoms with E-state index in [1.807, 2.05) is 44.2 Å². The van der Waals surface area contributed by atoms with Crippen LogP contribution >= 0.6 is 0 Å². The van der Waals surface area contributed by atoms with Crippen LogP contribution in [0.25, 0.3) is 0 Å². The molecule has 0 aliphatic carbocycles. The van der Waals surface area contributed by atoms with Crippen molar-refractivity contribution in [2.24, 2.45) is 0 Å². The molecule has 1 heterocycles. The minimum atomic E-state index is -0.281. The van der Waals surface area contributed by atoms with Gasteiger partial charge in [-0.1, -0.05) is 30.3 Å². The van der Waals surface area contributed by atoms with Crippen LogP contribution in [0.3, 0.4) is 0 Å². The number of rotatable bonds is 5. The Bertz CT molecular complexity index is 393. The van der Waals surface area contributed by atoms with Crippen molar-refractivity contribution in [2.45, 2.75) is 32.6 Å². The maximum Gasteiger partial charge on any atom is 0.412 e. The lowest BCUT2D eigenvalue weighted by atomic mass is 10.1. The van der Waals surface area contributed by atoms with E-state index >= 15 is 0 Å². The van der Waals surface area contributed by atoms with E-state index in [1.54, 1.807) is 4.90 Å². The van der Waals surface area contributed by atoms with Crippen molar-refractivity contribution in [2.75, 3.05) is 13.2 Å². The largest absolute Gasteiger partial charge is 0.441 e. The van der Waals surface area contributed by atoms with Crippen LogP contribution in [-0.4, -0.2) is 36.5 Å². The van der Waals surface area contributed by atoms with Crippen LogP contribution in [-0.2, 0) is 15.9 Å². The molecular weight excluding hydrogens is 230 g/mol. The predicted octanol–water partition coefficient (Wildman–Crippen LogP) is 2.43. The Balaban J connectivity index is 2.09. The van der Waals surface area contributed by atoms with Crippen molar-refractivity contribution in [1.82, 2.24) is 4.90 Å². The molecule has 4 nitrogen and oxygen atoms in total. The van der Waals surface area contributed by atoms with E-state index in [0.717, 1.165) is 5.56 Å². The average molecular weight is 249 g/mol. The average Bonchev–Trinajstić information content (AvgIpc) is 2.67. The van der Waals surface area contributed by atoms with Gasteiger partial charge in [-0.05, 0) is 19.4 Å². The molecule has 18 heavy (non-hydrogen) atoms. The summed E-state index contributed by atoms with van der Waals surface area (Å²) in [7, 11) is 0. The number of cyclic esters (lactones) is 1. The van der Waals surface area contributed by atoms with Crippen LogP contribution in [0.5, 0.6) is 0 Å². The smallest absolute Gasteiger partial charge is 0.412 e. The fourth-order valence-corrected chi connectivity index (χ4v) is 2.23. The van der Waals surface area contributed by atoms with Gasteiger partial charge in [0.05, 0.1) is 0 Å². The van der Waals surface area contributed by atoms with Gasteiger partial charge in [0.25, 0.3) is 0 Å². The molecule has 1 amide bonds. The highest BCUT2D eigenvalue weighted by atomic mass is 16.6. The first kappa shape index (κ1) is 12.9. The minimum Gasteiger partial charge on any atom is -0.441 e. The Kier molecular flexibility index (Phi) is 4.20. The van der Waals surface area contributed by atoms with Crippen molar-refractivity contribution < 1.29 is 14.3 Å². The molecule has 2 rings (SSSR count). The molecule has 1 aliphatic heterocycles. The summed E-state index contributed by atoms with van der Waals surface area (Å²) in [6.07, 6.45) is -0.0855. The van der Waals surface area contributed by atoms with E-state index in [1.165, 1.54) is 0 Å². The number of hydrogen-bond acceptors (Lipinski definition) is 3. The molecule has 0 N–H and O–H groups in total. The molecular formula is C14H19NO3. The molecule has 0 saturated carbocycles. The Morgan fingerprint density at radius 3 is 2.61 bits per heavy atom. The lowest BCUT2D eigenvalue weighted by Crippen LogP contribution is -2.39. The molecule has 1 aromatic rings. The zero-order valence-corrected chi connectivity index (χ0v) is 10.8. The molecule has 0 bridgehead atoms. The standard InChI is InChI=1S/C14H19NO3/c1-3-15-13(17-4-2)12(18-14(15)16)10-11-8-6-5-7-9-11/h5-9,12-13H,3-4,10H2,1-2H3/t12-,13-/m0/s1. The number of ether oxygens (including phenoxy) is 2. The van der Waals surface area contributed by atoms with E-state index in [4.69, 9.17) is 9.47 Å². The first-order valence-electron chi connectivity index (χ1n) is 6.39. The van der Waals surface area contributed by atoms with Crippen LogP contribution in [0.2, 0.25) is 0 Å². The van der Waals surface area contributed by atoms with Crippen LogP contribution in [0, 0.1) is 0 Å². The molecule has 98 valence electrons. The number of hydrogen-bond donors (Lipinski definition) is 0. The summed E-state index contributed by atoms with van der Waals surface area (Å²) in [5.74, 6) is 0. The number of amides is 1. The van der Waals surface area contributed by atoms with Gasteiger partial charge in [0.1, 0.15) is 0 Å². The van der Waals surface area contributed by atoms with Crippen LogP contribution < -0.4 is 0 Å². The predicted molar refractivity (Wildman–Crippen MR) is 68.2 cm³/mol. The third-order valence-electron chi connectivity index (χ3n) is 3.07. The second-order valence-corrected chi connectivity index (χ2v) is 4.24. The van der Waals surface area contributed by atoms with Crippen LogP contribution in [0.4, 0.5) is 4.79 Å². The van der Waals surface area contributed by atoms with Gasteiger partial charge >= 0.3 is 6.09 Å². The van der Waals surface area contributed by atoms with Crippen LogP contribution in [0.15, 0.2) is 30.3 Å². The Hall–Kier alpha value is -1.55. The van der Waals surface area contributed by atoms with Gasteiger partial charge in [0.15, 0.2) is 12.3 Å². The number of benzene rings is 1. The summed E-state index contributed by atoms with van der Waals surface area (Å²) in [4.78, 5) is 13.4. The highest BCUT2D eigenvalue weighted by Crippen LogP contribution is 2.23. The summed E-state index contributed by atoms with van der Waals surface area (Å²) in [6, 6.07) is 10.0. The Morgan fingerprint density at radius 1 is 1.28 bits per heavy atom. The van der Waals surface area contributed by atoms with Gasteiger partial charge < -0.3 is 9.47 Å². The van der Waals surface area contributed by atoms with Gasteiger partial charge in [0, 0.05) is 19.6 Å². The van der Waals surface area contributed by atoms with E-state index in [-0.39, 0.29) is 18.4 Å². The first-order valence-corrected chi connectivity index (χ1v) is 6.39. The molecule has 1 fully saturated rings. The monoisotopic (exact) mass is 249 g/mol. The fraction of sp³-hybridized carbons (Fsp3) is 0.500. The Labute approximate surface area is 107 Å². The Morgan fingerprint density at radius 2 is 2.00 bits per heavy atom. The lowest BCUT2D eigenvalue weighted by Gasteiger charge is -2.23. The second kappa shape index (κ2) is 5.87. The lowest BCUT2D eigenvalue weighted by molar-refractivity contribution is -0.0445. The quantitative estimate of drug-likeness (QED) is 0.804. The summed E-state index contributed by atoms with van der Waals surface area (Å²) in [6.45, 7) is 5.03. The van der Waals surface area contributed by atoms with Crippen molar-refractivity contribution >= 4 is 6.09 Å². The van der Waals surface area contributed by atoms with Gasteiger partial charge in [-0.15, -0.1) is 0 Å². The van der Waals surface area contributed by atoms with Gasteiger partial charge in [-0.2, -0.15) is 0 Å². The molecule has 0 aromatic heterocycles. The normalized spacial score (nSPS) is 23.2. The fourth-order valence-electron chi connectivity index (χ4n) is 2.23. The third kappa shape index (κ3) is 2.64. The van der Waals surface area contributed by atoms with Gasteiger partial charge in [-0.25, -0.2) is 4.79 Å². The number of carbonyl (C=O) groups is 1. The zero-order chi connectivity index (χ0) is 13.0. The number of nitrogens with zero attached hydrogens (tertiary/aromatic N) is 1. The van der Waals surface area contributed by atoms with E-state index in [2.05, 4.69) is 0 Å². The molecule has 1 aromatic carbocycles. The van der Waals surface area contributed by atoms with Crippen molar-refractivity contribution in [1.29, 1.82) is 0 Å². The maximum atomic E-state index is 11.7. The number of likely N-dealkylation sites (N-methyl/N-ethyl adjacent to an activating group) is 1. The summed E-state index contributed by atoms with van der Waals surface area (Å²) in [5, 5.41) is 0. The zero-order valence-electron chi connectivity index (χ0n) is 10.8. The number of carbonyl (C=O) groups excluding carboxylic acids is 1. The second-order valence-electron chi connectivity index (χ2n) is 4.24. The summed E-state index contributed by atoms with van der Waals surface area (Å²) < 4.78 is 11.0. The molecule has 2 atom stereocenters. The van der Waals surface area contributed by atoms with Gasteiger partial charge in [0.2, 0.25) is 0 Å². The molecule has 1 saturated heterocycles. The van der Waals surface area contributed by atoms with E-state index in [0.29, 0.717) is 19.6 Å². The summed E-state index contributed by atoms with van der Waals surface area (Å²) in [5.41, 5.74) is 1.15. The molecule has 0 unspecified atom stereocenters. The topological polar surface area (TPSA) is 38.8 Å². The van der Waals surface area contributed by atoms with E-state index < -0.39 is 0 Å². The molecule has 0 radical (unpaired) electrons. The first-order chi connectivity index (χ1) is 8.76. The van der Waals surface area contributed by atoms with Crippen molar-refractivity contribution in [3.8, 4) is 0 Å². The highest BCUT2D eigenvalue weighted by molar-refractivity contribution is 5.70. The van der Waals surface area contributed by atoms with Crippen LogP contribution in [0.1, 0.15) is 19.4 Å². The van der Waals surface area contributed by atoms with Crippen molar-refractivity contribution in [3.63, 3.8) is 0 Å². The molecule has 1 aliphatic rings. The minimum absolute atomic E-state index is 0.222. The SMILES string of the molecule is CCO[C@H]1[C@H](Cc2ccccc2)OC(=O)N1CC. The molecule has 0 spiro atoms. The maximum absolute atomic E-state index is 11.7. The van der Waals surface area contributed by atoms with Gasteiger partial charge in [-0.3, -0.25) is 4.90 Å². The van der Waals surface area contributed by atoms with Crippen molar-refractivity contribution in [3.05, 3.63) is 35.9 Å². The third-order valence-corrected chi connectivity index (χ3v) is 3.07. The molecule has 4 heteroatoms. The summed E-state index contributed by atoms with van der Waals surface area (Å²) >= 11 is 0. The highest BCUT2D eigenvalue weighted by Gasteiger charge is 2.41.